The Balaban J connectivity index is 1.48. The number of hydrogen-bond acceptors (Lipinski definition) is 7. The van der Waals surface area contributed by atoms with Gasteiger partial charge >= 0.3 is 0 Å². The van der Waals surface area contributed by atoms with Crippen LogP contribution in [0.25, 0.3) is 16.9 Å². The maximum atomic E-state index is 15.1. The minimum Gasteiger partial charge on any atom is -0.322 e. The Hall–Kier alpha value is -5.30. The summed E-state index contributed by atoms with van der Waals surface area (Å²) >= 11 is 0. The van der Waals surface area contributed by atoms with E-state index in [1.165, 1.54) is 35.1 Å². The molecule has 0 fully saturated rings. The maximum absolute atomic E-state index is 15.1. The van der Waals surface area contributed by atoms with Gasteiger partial charge in [0.05, 0.1) is 16.3 Å². The number of aliphatic imine (C=N–C) groups is 1. The van der Waals surface area contributed by atoms with E-state index >= 15 is 4.39 Å². The van der Waals surface area contributed by atoms with E-state index in [1.54, 1.807) is 36.4 Å². The van der Waals surface area contributed by atoms with Crippen LogP contribution in [0.3, 0.4) is 0 Å². The summed E-state index contributed by atoms with van der Waals surface area (Å²) in [5.74, 6) is -3.24. The highest BCUT2D eigenvalue weighted by Gasteiger charge is 2.32. The molecule has 2 aromatic heterocycles. The Bertz CT molecular complexity index is 2040. The van der Waals surface area contributed by atoms with Gasteiger partial charge in [-0.3, -0.25) is 9.59 Å². The number of para-hydroxylation sites is 1. The number of nitrogens with one attached hydrogen (secondary N) is 2. The Morgan fingerprint density at radius 1 is 0.976 bits per heavy atom. The summed E-state index contributed by atoms with van der Waals surface area (Å²) in [5.41, 5.74) is 0.356. The van der Waals surface area contributed by atoms with Crippen LogP contribution in [0.4, 0.5) is 14.5 Å². The first-order chi connectivity index (χ1) is 20.1. The lowest BCUT2D eigenvalue weighted by Crippen LogP contribution is -2.42. The molecule has 210 valence electrons. The summed E-state index contributed by atoms with van der Waals surface area (Å²) in [4.78, 5) is 35.6. The quantitative estimate of drug-likeness (QED) is 0.302. The minimum atomic E-state index is -3.73. The summed E-state index contributed by atoms with van der Waals surface area (Å²) in [7, 11) is -3.73. The highest BCUT2D eigenvalue weighted by atomic mass is 32.2. The smallest absolute Gasteiger partial charge is 0.269 e. The fraction of sp³-hybridized carbons (Fsp3) is 0.0690. The van der Waals surface area contributed by atoms with Gasteiger partial charge < -0.3 is 10.6 Å². The Morgan fingerprint density at radius 3 is 2.52 bits per heavy atom. The largest absolute Gasteiger partial charge is 0.322 e. The molecule has 0 saturated carbocycles. The molecule has 1 aliphatic heterocycles. The molecule has 0 unspecified atom stereocenters. The Morgan fingerprint density at radius 2 is 1.76 bits per heavy atom. The number of anilines is 1. The molecule has 5 aromatic rings. The number of hydrogen-bond donors (Lipinski definition) is 2. The maximum Gasteiger partial charge on any atom is 0.269 e. The average Bonchev–Trinajstić information content (AvgIpc) is 3.29. The zero-order valence-electron chi connectivity index (χ0n) is 21.7. The number of aromatic nitrogens is 3. The van der Waals surface area contributed by atoms with Crippen LogP contribution < -0.4 is 10.6 Å². The second-order valence-electron chi connectivity index (χ2n) is 9.40. The molecule has 3 aromatic carbocycles. The molecule has 10 nitrogen and oxygen atoms in total. The number of sulfone groups is 1. The molecule has 42 heavy (non-hydrogen) atoms. The average molecular weight is 587 g/mol. The number of carbonyl (C=O) groups excluding carboxylic acids is 2. The molecule has 0 bridgehead atoms. The van der Waals surface area contributed by atoms with E-state index in [9.17, 15) is 22.4 Å². The lowest BCUT2D eigenvalue weighted by molar-refractivity contribution is -0.117. The number of halogens is 2. The van der Waals surface area contributed by atoms with E-state index < -0.39 is 39.5 Å². The summed E-state index contributed by atoms with van der Waals surface area (Å²) in [6.07, 6.45) is 2.30. The van der Waals surface area contributed by atoms with E-state index in [-0.39, 0.29) is 38.8 Å². The van der Waals surface area contributed by atoms with E-state index in [0.717, 1.165) is 24.5 Å². The molecule has 13 heteroatoms. The van der Waals surface area contributed by atoms with Gasteiger partial charge in [-0.15, -0.1) is 0 Å². The Kier molecular flexibility index (Phi) is 6.58. The van der Waals surface area contributed by atoms with E-state index in [4.69, 9.17) is 0 Å². The van der Waals surface area contributed by atoms with Crippen LogP contribution in [0.1, 0.15) is 21.5 Å². The topological polar surface area (TPSA) is 135 Å². The van der Waals surface area contributed by atoms with Gasteiger partial charge in [0.1, 0.15) is 22.9 Å². The highest BCUT2D eigenvalue weighted by Crippen LogP contribution is 2.31. The standard InChI is InChI=1S/C29H20F2N6O4S/c1-42(40,41)17-11-12-20(30)19(15-17)25-22(27-32-13-6-14-37(27)36-25)28(38)35-26-29(39)34-24-18(9-5-10-21(24)31)23(33-26)16-7-3-2-4-8-16/h2-15,26H,1H3,(H,34,39)(H,35,38)/t26-/m1/s1. The van der Waals surface area contributed by atoms with E-state index in [2.05, 4.69) is 25.7 Å². The number of amides is 2. The van der Waals surface area contributed by atoms with E-state index in [1.807, 2.05) is 0 Å². The van der Waals surface area contributed by atoms with Crippen LogP contribution in [0.15, 0.2) is 95.1 Å². The number of fused-ring (bicyclic) bond motifs is 2. The molecule has 0 saturated heterocycles. The monoisotopic (exact) mass is 586 g/mol. The second kappa shape index (κ2) is 10.3. The molecule has 1 aliphatic rings. The summed E-state index contributed by atoms with van der Waals surface area (Å²) in [6, 6.07) is 17.7. The van der Waals surface area contributed by atoms with Crippen LogP contribution in [-0.2, 0) is 14.6 Å². The van der Waals surface area contributed by atoms with Crippen LogP contribution in [0, 0.1) is 11.6 Å². The summed E-state index contributed by atoms with van der Waals surface area (Å²) in [5, 5.41) is 9.34. The van der Waals surface area contributed by atoms with Crippen molar-refractivity contribution >= 4 is 38.7 Å². The van der Waals surface area contributed by atoms with Crippen molar-refractivity contribution in [2.24, 2.45) is 4.99 Å². The fourth-order valence-electron chi connectivity index (χ4n) is 4.62. The van der Waals surface area contributed by atoms with Crippen LogP contribution >= 0.6 is 0 Å². The minimum absolute atomic E-state index is 0.0183. The Labute approximate surface area is 237 Å². The molecule has 0 radical (unpaired) electrons. The van der Waals surface area contributed by atoms with Gasteiger partial charge in [0.15, 0.2) is 15.5 Å². The molecule has 1 atom stereocenters. The predicted octanol–water partition coefficient (Wildman–Crippen LogP) is 3.62. The van der Waals surface area contributed by atoms with Crippen LogP contribution in [0.5, 0.6) is 0 Å². The summed E-state index contributed by atoms with van der Waals surface area (Å²) < 4.78 is 55.6. The molecule has 6 rings (SSSR count). The van der Waals surface area contributed by atoms with Crippen molar-refractivity contribution in [3.63, 3.8) is 0 Å². The van der Waals surface area contributed by atoms with Crippen LogP contribution in [-0.4, -0.2) is 53.0 Å². The first kappa shape index (κ1) is 26.9. The zero-order valence-corrected chi connectivity index (χ0v) is 22.6. The normalized spacial score (nSPS) is 15.0. The zero-order chi connectivity index (χ0) is 29.6. The third-order valence-corrected chi connectivity index (χ3v) is 7.69. The first-order valence-corrected chi connectivity index (χ1v) is 14.4. The van der Waals surface area contributed by atoms with Crippen molar-refractivity contribution in [2.75, 3.05) is 11.6 Å². The predicted molar refractivity (Wildman–Crippen MR) is 150 cm³/mol. The van der Waals surface area contributed by atoms with Crippen molar-refractivity contribution in [3.05, 3.63) is 114 Å². The van der Waals surface area contributed by atoms with Crippen LogP contribution in [0.2, 0.25) is 0 Å². The number of rotatable bonds is 5. The molecule has 2 N–H and O–H groups in total. The number of benzodiazepines with no additional fused rings is 1. The number of carbonyl (C=O) groups is 2. The van der Waals surface area contributed by atoms with E-state index in [0.29, 0.717) is 11.1 Å². The van der Waals surface area contributed by atoms with Gasteiger partial charge in [-0.05, 0) is 30.3 Å². The third kappa shape index (κ3) is 4.79. The van der Waals surface area contributed by atoms with Crippen molar-refractivity contribution in [2.45, 2.75) is 11.1 Å². The summed E-state index contributed by atoms with van der Waals surface area (Å²) in [6.45, 7) is 0. The fourth-order valence-corrected chi connectivity index (χ4v) is 5.27. The van der Waals surface area contributed by atoms with Crippen molar-refractivity contribution in [1.29, 1.82) is 0 Å². The van der Waals surface area contributed by atoms with Gasteiger partial charge in [0, 0.05) is 35.3 Å². The van der Waals surface area contributed by atoms with Gasteiger partial charge in [-0.25, -0.2) is 31.7 Å². The van der Waals surface area contributed by atoms with Crippen molar-refractivity contribution < 1.29 is 26.8 Å². The third-order valence-electron chi connectivity index (χ3n) is 6.58. The molecular formula is C29H20F2N6O4S. The first-order valence-electron chi connectivity index (χ1n) is 12.5. The van der Waals surface area contributed by atoms with Crippen molar-refractivity contribution in [1.82, 2.24) is 19.9 Å². The van der Waals surface area contributed by atoms with Gasteiger partial charge in [0.2, 0.25) is 6.17 Å². The number of benzene rings is 3. The lowest BCUT2D eigenvalue weighted by Gasteiger charge is -2.14. The SMILES string of the molecule is CS(=O)(=O)c1ccc(F)c(-c2nn3cccnc3c2C(=O)N[C@H]2N=C(c3ccccc3)c3cccc(F)c3NC2=O)c1. The molecule has 2 amide bonds. The van der Waals surface area contributed by atoms with Gasteiger partial charge in [-0.1, -0.05) is 42.5 Å². The molecular weight excluding hydrogens is 566 g/mol. The lowest BCUT2D eigenvalue weighted by atomic mass is 10.0. The van der Waals surface area contributed by atoms with Crippen molar-refractivity contribution in [3.8, 4) is 11.3 Å². The highest BCUT2D eigenvalue weighted by molar-refractivity contribution is 7.90. The molecule has 3 heterocycles. The molecule has 0 aliphatic carbocycles. The molecule has 0 spiro atoms. The number of nitrogens with zero attached hydrogens (tertiary/aromatic N) is 4. The van der Waals surface area contributed by atoms with Gasteiger partial charge in [0.25, 0.3) is 11.8 Å². The van der Waals surface area contributed by atoms with Gasteiger partial charge in [-0.2, -0.15) is 5.10 Å². The second-order valence-corrected chi connectivity index (χ2v) is 11.4.